The van der Waals surface area contributed by atoms with Crippen molar-refractivity contribution in [3.63, 3.8) is 0 Å². The van der Waals surface area contributed by atoms with Crippen molar-refractivity contribution in [1.29, 1.82) is 0 Å². The molecule has 1 aliphatic rings. The summed E-state index contributed by atoms with van der Waals surface area (Å²) in [7, 11) is 0. The lowest BCUT2D eigenvalue weighted by Gasteiger charge is -2.39. The van der Waals surface area contributed by atoms with E-state index in [9.17, 15) is 4.79 Å². The molecule has 2 aromatic carbocycles. The van der Waals surface area contributed by atoms with E-state index in [0.29, 0.717) is 19.1 Å². The summed E-state index contributed by atoms with van der Waals surface area (Å²) < 4.78 is 6.19. The zero-order valence-corrected chi connectivity index (χ0v) is 18.9. The molecule has 1 aliphatic heterocycles. The Labute approximate surface area is 186 Å². The van der Waals surface area contributed by atoms with E-state index >= 15 is 0 Å². The quantitative estimate of drug-likeness (QED) is 0.513. The summed E-state index contributed by atoms with van der Waals surface area (Å²) in [6.45, 7) is 8.27. The lowest BCUT2D eigenvalue weighted by molar-refractivity contribution is -0.142. The highest BCUT2D eigenvalue weighted by molar-refractivity contribution is 7.22. The second-order valence-corrected chi connectivity index (χ2v) is 9.13. The molecule has 0 bridgehead atoms. The van der Waals surface area contributed by atoms with Crippen molar-refractivity contribution in [2.24, 2.45) is 0 Å². The number of rotatable bonds is 6. The molecule has 0 amide bonds. The molecule has 0 unspecified atom stereocenters. The lowest BCUT2D eigenvalue weighted by Crippen LogP contribution is -2.51. The van der Waals surface area contributed by atoms with Gasteiger partial charge in [0.05, 0.1) is 23.2 Å². The van der Waals surface area contributed by atoms with Crippen LogP contribution in [0.2, 0.25) is 5.02 Å². The number of halogens is 1. The van der Waals surface area contributed by atoms with Gasteiger partial charge in [-0.1, -0.05) is 47.2 Å². The Kier molecular flexibility index (Phi) is 6.56. The third kappa shape index (κ3) is 4.94. The smallest absolute Gasteiger partial charge is 0.310 e. The zero-order valence-electron chi connectivity index (χ0n) is 17.3. The first-order valence-corrected chi connectivity index (χ1v) is 11.5. The van der Waals surface area contributed by atoms with Gasteiger partial charge in [-0.2, -0.15) is 0 Å². The molecule has 0 N–H and O–H groups in total. The van der Waals surface area contributed by atoms with Crippen LogP contribution in [0.1, 0.15) is 25.0 Å². The van der Waals surface area contributed by atoms with Crippen molar-refractivity contribution < 1.29 is 9.53 Å². The van der Waals surface area contributed by atoms with Crippen LogP contribution in [0, 0.1) is 0 Å². The van der Waals surface area contributed by atoms with E-state index in [1.54, 1.807) is 11.3 Å². The summed E-state index contributed by atoms with van der Waals surface area (Å²) in [5, 5.41) is 1.82. The number of aromatic nitrogens is 1. The van der Waals surface area contributed by atoms with Crippen molar-refractivity contribution in [2.75, 3.05) is 31.1 Å². The van der Waals surface area contributed by atoms with Crippen molar-refractivity contribution in [2.45, 2.75) is 32.9 Å². The summed E-state index contributed by atoms with van der Waals surface area (Å²) >= 11 is 7.83. The number of benzene rings is 2. The van der Waals surface area contributed by atoms with Crippen molar-refractivity contribution in [3.8, 4) is 0 Å². The fraction of sp³-hybridized carbons (Fsp3) is 0.391. The molecule has 30 heavy (non-hydrogen) atoms. The van der Waals surface area contributed by atoms with E-state index < -0.39 is 0 Å². The Bertz CT molecular complexity index is 1040. The van der Waals surface area contributed by atoms with Gasteiger partial charge in [0.25, 0.3) is 0 Å². The number of piperazine rings is 1. The second kappa shape index (κ2) is 9.33. The third-order valence-electron chi connectivity index (χ3n) is 5.35. The number of hydrogen-bond donors (Lipinski definition) is 0. The number of nitrogens with zero attached hydrogens (tertiary/aromatic N) is 3. The van der Waals surface area contributed by atoms with Crippen LogP contribution in [0.4, 0.5) is 5.13 Å². The van der Waals surface area contributed by atoms with E-state index in [-0.39, 0.29) is 5.97 Å². The Morgan fingerprint density at radius 1 is 1.23 bits per heavy atom. The molecule has 2 heterocycles. The molecule has 0 aliphatic carbocycles. The number of anilines is 1. The van der Waals surface area contributed by atoms with Gasteiger partial charge in [-0.15, -0.1) is 0 Å². The molecule has 158 valence electrons. The molecule has 1 fully saturated rings. The lowest BCUT2D eigenvalue weighted by atomic mass is 10.1. The number of ether oxygens (including phenoxy) is 1. The van der Waals surface area contributed by atoms with Gasteiger partial charge in [0.15, 0.2) is 5.13 Å². The van der Waals surface area contributed by atoms with Crippen LogP contribution in [-0.4, -0.2) is 48.1 Å². The number of esters is 1. The Hall–Kier alpha value is -2.15. The van der Waals surface area contributed by atoms with Gasteiger partial charge in [-0.3, -0.25) is 9.69 Å². The fourth-order valence-electron chi connectivity index (χ4n) is 3.94. The molecule has 1 saturated heterocycles. The van der Waals surface area contributed by atoms with Gasteiger partial charge >= 0.3 is 5.97 Å². The average Bonchev–Trinajstić information content (AvgIpc) is 3.11. The molecular weight excluding hydrogens is 418 g/mol. The largest absolute Gasteiger partial charge is 0.466 e. The summed E-state index contributed by atoms with van der Waals surface area (Å²) in [6, 6.07) is 14.5. The maximum absolute atomic E-state index is 11.8. The first-order chi connectivity index (χ1) is 14.5. The minimum Gasteiger partial charge on any atom is -0.466 e. The maximum Gasteiger partial charge on any atom is 0.310 e. The van der Waals surface area contributed by atoms with Crippen molar-refractivity contribution in [1.82, 2.24) is 9.88 Å². The minimum atomic E-state index is -0.172. The van der Waals surface area contributed by atoms with Gasteiger partial charge in [0.1, 0.15) is 0 Å². The molecule has 4 rings (SSSR count). The highest BCUT2D eigenvalue weighted by Crippen LogP contribution is 2.32. The van der Waals surface area contributed by atoms with Crippen LogP contribution in [0.3, 0.4) is 0 Å². The van der Waals surface area contributed by atoms with Gasteiger partial charge in [-0.25, -0.2) is 4.98 Å². The van der Waals surface area contributed by atoms with E-state index in [1.165, 1.54) is 5.56 Å². The van der Waals surface area contributed by atoms with Crippen LogP contribution >= 0.6 is 22.9 Å². The van der Waals surface area contributed by atoms with Gasteiger partial charge in [-0.05, 0) is 43.2 Å². The molecular formula is C23H26ClN3O2S. The Balaban J connectivity index is 1.39. The molecule has 7 heteroatoms. The van der Waals surface area contributed by atoms with Crippen LogP contribution < -0.4 is 4.90 Å². The highest BCUT2D eigenvalue weighted by Gasteiger charge is 2.26. The van der Waals surface area contributed by atoms with Crippen LogP contribution in [-0.2, 0) is 22.5 Å². The Morgan fingerprint density at radius 3 is 2.87 bits per heavy atom. The molecule has 1 aromatic heterocycles. The van der Waals surface area contributed by atoms with E-state index in [0.717, 1.165) is 52.1 Å². The molecule has 1 atom stereocenters. The summed E-state index contributed by atoms with van der Waals surface area (Å²) in [5.41, 5.74) is 3.24. The van der Waals surface area contributed by atoms with Crippen LogP contribution in [0.5, 0.6) is 0 Å². The number of fused-ring (bicyclic) bond motifs is 1. The number of carbonyl (C=O) groups excluding carboxylic acids is 1. The zero-order chi connectivity index (χ0) is 21.1. The fourth-order valence-corrected chi connectivity index (χ4v) is 5.31. The van der Waals surface area contributed by atoms with E-state index in [4.69, 9.17) is 21.3 Å². The van der Waals surface area contributed by atoms with Crippen LogP contribution in [0.25, 0.3) is 10.2 Å². The average molecular weight is 444 g/mol. The summed E-state index contributed by atoms with van der Waals surface area (Å²) in [6.07, 6.45) is 0.327. The van der Waals surface area contributed by atoms with Crippen LogP contribution in [0.15, 0.2) is 42.5 Å². The monoisotopic (exact) mass is 443 g/mol. The van der Waals surface area contributed by atoms with Gasteiger partial charge < -0.3 is 9.64 Å². The minimum absolute atomic E-state index is 0.172. The van der Waals surface area contributed by atoms with Gasteiger partial charge in [0.2, 0.25) is 0 Å². The topological polar surface area (TPSA) is 45.7 Å². The van der Waals surface area contributed by atoms with E-state index in [2.05, 4.69) is 28.9 Å². The first kappa shape index (κ1) is 21.1. The standard InChI is InChI=1S/C23H26ClN3O2S/c1-3-29-22(28)12-17-5-4-6-18(11-17)15-26-9-10-27(16(2)14-26)23-25-20-8-7-19(24)13-21(20)30-23/h4-8,11,13,16H,3,9-10,12,14-15H2,1-2H3/t16-/m0/s1. The predicted molar refractivity (Wildman–Crippen MR) is 123 cm³/mol. The third-order valence-corrected chi connectivity index (χ3v) is 6.64. The highest BCUT2D eigenvalue weighted by atomic mass is 35.5. The van der Waals surface area contributed by atoms with Crippen molar-refractivity contribution in [3.05, 3.63) is 58.6 Å². The summed E-state index contributed by atoms with van der Waals surface area (Å²) in [5.74, 6) is -0.172. The first-order valence-electron chi connectivity index (χ1n) is 10.3. The summed E-state index contributed by atoms with van der Waals surface area (Å²) in [4.78, 5) is 21.4. The normalized spacial score (nSPS) is 17.4. The number of thiazole rings is 1. The predicted octanol–water partition coefficient (Wildman–Crippen LogP) is 4.77. The molecule has 3 aromatic rings. The van der Waals surface area contributed by atoms with E-state index in [1.807, 2.05) is 37.3 Å². The number of hydrogen-bond acceptors (Lipinski definition) is 6. The number of carbonyl (C=O) groups is 1. The van der Waals surface area contributed by atoms with Crippen molar-refractivity contribution >= 4 is 44.3 Å². The molecule has 0 saturated carbocycles. The molecule has 0 radical (unpaired) electrons. The second-order valence-electron chi connectivity index (χ2n) is 7.69. The molecule has 0 spiro atoms. The van der Waals surface area contributed by atoms with Gasteiger partial charge in [0, 0.05) is 37.2 Å². The molecule has 5 nitrogen and oxygen atoms in total. The SMILES string of the molecule is CCOC(=O)Cc1cccc(CN2CCN(c3nc4ccc(Cl)cc4s3)[C@@H](C)C2)c1. The maximum atomic E-state index is 11.8. The Morgan fingerprint density at radius 2 is 2.07 bits per heavy atom.